The summed E-state index contributed by atoms with van der Waals surface area (Å²) >= 11 is 0. The molecule has 0 saturated carbocycles. The van der Waals surface area contributed by atoms with Gasteiger partial charge in [-0.05, 0) is 27.2 Å². The monoisotopic (exact) mass is 294 g/mol. The van der Waals surface area contributed by atoms with Crippen molar-refractivity contribution in [1.82, 2.24) is 0 Å². The van der Waals surface area contributed by atoms with Gasteiger partial charge in [0.05, 0.1) is 0 Å². The van der Waals surface area contributed by atoms with Gasteiger partial charge in [-0.25, -0.2) is 4.39 Å². The van der Waals surface area contributed by atoms with Crippen molar-refractivity contribution >= 4 is 8.80 Å². The SMILES string of the molecule is CCCCCCCC[Si](OCC)(OCC)OC(C)F. The van der Waals surface area contributed by atoms with Gasteiger partial charge in [0.25, 0.3) is 0 Å². The highest BCUT2D eigenvalue weighted by atomic mass is 28.4. The first-order valence-electron chi connectivity index (χ1n) is 7.70. The molecule has 0 aromatic heterocycles. The van der Waals surface area contributed by atoms with Gasteiger partial charge in [-0.2, -0.15) is 0 Å². The first-order chi connectivity index (χ1) is 9.10. The van der Waals surface area contributed by atoms with Crippen LogP contribution in [0.25, 0.3) is 0 Å². The number of hydrogen-bond acceptors (Lipinski definition) is 3. The van der Waals surface area contributed by atoms with Gasteiger partial charge in [0.1, 0.15) is 0 Å². The van der Waals surface area contributed by atoms with Crippen molar-refractivity contribution < 1.29 is 17.7 Å². The van der Waals surface area contributed by atoms with E-state index in [9.17, 15) is 4.39 Å². The summed E-state index contributed by atoms with van der Waals surface area (Å²) in [7, 11) is -2.80. The van der Waals surface area contributed by atoms with E-state index in [0.717, 1.165) is 18.9 Å². The van der Waals surface area contributed by atoms with Crippen LogP contribution in [-0.4, -0.2) is 28.4 Å². The van der Waals surface area contributed by atoms with E-state index in [-0.39, 0.29) is 0 Å². The average Bonchev–Trinajstić information content (AvgIpc) is 2.33. The number of rotatable bonds is 13. The van der Waals surface area contributed by atoms with E-state index in [1.165, 1.54) is 32.6 Å². The summed E-state index contributed by atoms with van der Waals surface area (Å²) in [5.41, 5.74) is 0. The van der Waals surface area contributed by atoms with Crippen LogP contribution in [0.1, 0.15) is 66.2 Å². The second-order valence-corrected chi connectivity index (χ2v) is 7.41. The van der Waals surface area contributed by atoms with Gasteiger partial charge >= 0.3 is 8.80 Å². The van der Waals surface area contributed by atoms with Crippen molar-refractivity contribution in [2.45, 2.75) is 78.6 Å². The van der Waals surface area contributed by atoms with E-state index in [4.69, 9.17) is 13.3 Å². The highest BCUT2D eigenvalue weighted by Gasteiger charge is 2.41. The summed E-state index contributed by atoms with van der Waals surface area (Å²) in [6, 6.07) is 0.717. The Bertz CT molecular complexity index is 197. The molecule has 0 rings (SSSR count). The van der Waals surface area contributed by atoms with Crippen LogP contribution in [-0.2, 0) is 13.3 Å². The highest BCUT2D eigenvalue weighted by Crippen LogP contribution is 2.22. The van der Waals surface area contributed by atoms with Crippen molar-refractivity contribution in [1.29, 1.82) is 0 Å². The van der Waals surface area contributed by atoms with E-state index < -0.39 is 15.2 Å². The molecule has 0 aliphatic carbocycles. The minimum absolute atomic E-state index is 0.509. The summed E-state index contributed by atoms with van der Waals surface area (Å²) < 4.78 is 29.9. The van der Waals surface area contributed by atoms with Crippen LogP contribution in [0, 0.1) is 0 Å². The molecule has 0 amide bonds. The maximum Gasteiger partial charge on any atom is 0.503 e. The molecule has 0 N–H and O–H groups in total. The molecule has 0 aromatic rings. The Morgan fingerprint density at radius 2 is 1.42 bits per heavy atom. The highest BCUT2D eigenvalue weighted by molar-refractivity contribution is 6.60. The smallest absolute Gasteiger partial charge is 0.374 e. The van der Waals surface area contributed by atoms with Gasteiger partial charge in [0, 0.05) is 19.3 Å². The van der Waals surface area contributed by atoms with Gasteiger partial charge in [-0.3, -0.25) is 0 Å². The number of hydrogen-bond donors (Lipinski definition) is 0. The maximum absolute atomic E-state index is 13.2. The lowest BCUT2D eigenvalue weighted by atomic mass is 10.1. The van der Waals surface area contributed by atoms with E-state index in [2.05, 4.69) is 6.92 Å². The van der Waals surface area contributed by atoms with Gasteiger partial charge in [0.2, 0.25) is 0 Å². The zero-order chi connectivity index (χ0) is 14.6. The molecule has 1 atom stereocenters. The van der Waals surface area contributed by atoms with E-state index in [1.54, 1.807) is 0 Å². The van der Waals surface area contributed by atoms with Crippen LogP contribution in [0.3, 0.4) is 0 Å². The molecule has 0 heterocycles. The minimum Gasteiger partial charge on any atom is -0.374 e. The molecule has 19 heavy (non-hydrogen) atoms. The molecule has 0 radical (unpaired) electrons. The molecule has 5 heteroatoms. The molecule has 0 aliphatic heterocycles. The third-order valence-electron chi connectivity index (χ3n) is 2.91. The van der Waals surface area contributed by atoms with E-state index in [0.29, 0.717) is 13.2 Å². The lowest BCUT2D eigenvalue weighted by Gasteiger charge is -2.29. The van der Waals surface area contributed by atoms with Crippen molar-refractivity contribution in [2.24, 2.45) is 0 Å². The first-order valence-corrected chi connectivity index (χ1v) is 9.63. The van der Waals surface area contributed by atoms with Crippen LogP contribution < -0.4 is 0 Å². The van der Waals surface area contributed by atoms with Crippen molar-refractivity contribution in [3.05, 3.63) is 0 Å². The third kappa shape index (κ3) is 9.54. The van der Waals surface area contributed by atoms with Crippen LogP contribution in [0.2, 0.25) is 6.04 Å². The van der Waals surface area contributed by atoms with Gasteiger partial charge in [0.15, 0.2) is 6.36 Å². The Labute approximate surface area is 119 Å². The lowest BCUT2D eigenvalue weighted by Crippen LogP contribution is -2.47. The largest absolute Gasteiger partial charge is 0.503 e. The Hall–Kier alpha value is 0.0269. The van der Waals surface area contributed by atoms with Crippen LogP contribution in [0.15, 0.2) is 0 Å². The fourth-order valence-corrected chi connectivity index (χ4v) is 4.81. The lowest BCUT2D eigenvalue weighted by molar-refractivity contribution is -0.0157. The fourth-order valence-electron chi connectivity index (χ4n) is 2.12. The summed E-state index contributed by atoms with van der Waals surface area (Å²) in [5.74, 6) is 0. The Morgan fingerprint density at radius 3 is 1.89 bits per heavy atom. The molecule has 0 spiro atoms. The van der Waals surface area contributed by atoms with E-state index >= 15 is 0 Å². The first kappa shape index (κ1) is 19.0. The predicted octanol–water partition coefficient (Wildman–Crippen LogP) is 4.69. The van der Waals surface area contributed by atoms with Gasteiger partial charge in [-0.1, -0.05) is 39.0 Å². The number of unbranched alkanes of at least 4 members (excludes halogenated alkanes) is 5. The van der Waals surface area contributed by atoms with Gasteiger partial charge < -0.3 is 13.3 Å². The average molecular weight is 294 g/mol. The minimum atomic E-state index is -2.80. The van der Waals surface area contributed by atoms with Crippen LogP contribution in [0.5, 0.6) is 0 Å². The van der Waals surface area contributed by atoms with Gasteiger partial charge in [-0.15, -0.1) is 0 Å². The van der Waals surface area contributed by atoms with Crippen LogP contribution in [0.4, 0.5) is 4.39 Å². The standard InChI is InChI=1S/C14H31FO3Si/c1-5-8-9-10-11-12-13-19(16-6-2,17-7-3)18-14(4)15/h14H,5-13H2,1-4H3. The summed E-state index contributed by atoms with van der Waals surface area (Å²) in [4.78, 5) is 0. The fraction of sp³-hybridized carbons (Fsp3) is 1.00. The Kier molecular flexibility index (Phi) is 11.8. The molecule has 0 aromatic carbocycles. The second kappa shape index (κ2) is 11.8. The topological polar surface area (TPSA) is 27.7 Å². The maximum atomic E-state index is 13.2. The molecule has 116 valence electrons. The molecular weight excluding hydrogens is 263 g/mol. The normalized spacial score (nSPS) is 13.7. The number of halogens is 1. The van der Waals surface area contributed by atoms with Crippen molar-refractivity contribution in [3.8, 4) is 0 Å². The summed E-state index contributed by atoms with van der Waals surface area (Å²) in [5, 5.41) is 0. The quantitative estimate of drug-likeness (QED) is 0.364. The summed E-state index contributed by atoms with van der Waals surface area (Å²) in [6.45, 7) is 8.41. The van der Waals surface area contributed by atoms with Crippen molar-refractivity contribution in [2.75, 3.05) is 13.2 Å². The zero-order valence-electron chi connectivity index (χ0n) is 13.0. The second-order valence-electron chi connectivity index (χ2n) is 4.73. The zero-order valence-corrected chi connectivity index (χ0v) is 14.0. The molecule has 1 unspecified atom stereocenters. The molecule has 0 fully saturated rings. The van der Waals surface area contributed by atoms with Crippen molar-refractivity contribution in [3.63, 3.8) is 0 Å². The predicted molar refractivity (Wildman–Crippen MR) is 78.8 cm³/mol. The molecule has 3 nitrogen and oxygen atoms in total. The third-order valence-corrected chi connectivity index (χ3v) is 6.01. The molecule has 0 bridgehead atoms. The molecule has 0 saturated heterocycles. The molecular formula is C14H31FO3Si. The molecule has 0 aliphatic rings. The Balaban J connectivity index is 4.15. The summed E-state index contributed by atoms with van der Waals surface area (Å²) in [6.07, 6.45) is 5.83. The van der Waals surface area contributed by atoms with E-state index in [1.807, 2.05) is 13.8 Å². The Morgan fingerprint density at radius 1 is 0.895 bits per heavy atom. The van der Waals surface area contributed by atoms with Crippen LogP contribution >= 0.6 is 0 Å². The number of alkyl halides is 1.